The second-order valence-corrected chi connectivity index (χ2v) is 5.99. The van der Waals surface area contributed by atoms with Crippen molar-refractivity contribution in [3.8, 4) is 0 Å². The molecule has 128 valence electrons. The summed E-state index contributed by atoms with van der Waals surface area (Å²) in [5.74, 6) is -0.699. The Morgan fingerprint density at radius 1 is 0.769 bits per heavy atom. The van der Waals surface area contributed by atoms with E-state index in [1.165, 1.54) is 0 Å². The zero-order chi connectivity index (χ0) is 18.1. The molecule has 1 heterocycles. The first-order valence-electron chi connectivity index (χ1n) is 8.22. The number of nitrogens with one attached hydrogen (secondary N) is 2. The Hall–Kier alpha value is -3.60. The van der Waals surface area contributed by atoms with E-state index in [1.54, 1.807) is 24.3 Å². The van der Waals surface area contributed by atoms with Crippen LogP contribution >= 0.6 is 0 Å². The van der Waals surface area contributed by atoms with Gasteiger partial charge in [-0.3, -0.25) is 20.4 Å². The quantitative estimate of drug-likeness (QED) is 0.541. The molecular weight excluding hydrogens is 328 g/mol. The summed E-state index contributed by atoms with van der Waals surface area (Å²) in [5, 5.41) is 2.86. The van der Waals surface area contributed by atoms with Crippen LogP contribution in [0.1, 0.15) is 26.5 Å². The zero-order valence-corrected chi connectivity index (χ0v) is 14.1. The van der Waals surface area contributed by atoms with Crippen molar-refractivity contribution in [2.75, 3.05) is 0 Å². The van der Waals surface area contributed by atoms with E-state index in [4.69, 9.17) is 4.42 Å². The fraction of sp³-hybridized carbons (Fsp3) is 0.0476. The number of aryl methyl sites for hydroxylation is 1. The maximum Gasteiger partial charge on any atom is 0.305 e. The molecule has 4 rings (SSSR count). The highest BCUT2D eigenvalue weighted by Gasteiger charge is 2.19. The lowest BCUT2D eigenvalue weighted by Gasteiger charge is -2.06. The van der Waals surface area contributed by atoms with E-state index in [9.17, 15) is 9.59 Å². The molecular formula is C21H16N2O3. The van der Waals surface area contributed by atoms with Crippen LogP contribution in [0.4, 0.5) is 0 Å². The fourth-order valence-corrected chi connectivity index (χ4v) is 3.00. The topological polar surface area (TPSA) is 71.3 Å². The Labute approximate surface area is 149 Å². The summed E-state index contributed by atoms with van der Waals surface area (Å²) in [6, 6.07) is 20.4. The molecule has 0 saturated carbocycles. The summed E-state index contributed by atoms with van der Waals surface area (Å²) in [5.41, 5.74) is 6.68. The van der Waals surface area contributed by atoms with Crippen molar-refractivity contribution in [1.82, 2.24) is 10.9 Å². The van der Waals surface area contributed by atoms with Crippen LogP contribution in [0.5, 0.6) is 0 Å². The van der Waals surface area contributed by atoms with Crippen LogP contribution in [0.2, 0.25) is 0 Å². The van der Waals surface area contributed by atoms with Crippen molar-refractivity contribution in [2.24, 2.45) is 0 Å². The van der Waals surface area contributed by atoms with Gasteiger partial charge in [-0.15, -0.1) is 0 Å². The van der Waals surface area contributed by atoms with Crippen molar-refractivity contribution in [1.29, 1.82) is 0 Å². The van der Waals surface area contributed by atoms with E-state index in [0.717, 1.165) is 21.7 Å². The van der Waals surface area contributed by atoms with Gasteiger partial charge in [-0.05, 0) is 24.4 Å². The van der Waals surface area contributed by atoms with E-state index in [2.05, 4.69) is 10.9 Å². The molecule has 0 saturated heterocycles. The van der Waals surface area contributed by atoms with Crippen LogP contribution in [0, 0.1) is 6.92 Å². The van der Waals surface area contributed by atoms with Gasteiger partial charge in [0.1, 0.15) is 5.58 Å². The number of carbonyl (C=O) groups is 2. The molecule has 4 aromatic rings. The monoisotopic (exact) mass is 344 g/mol. The van der Waals surface area contributed by atoms with Crippen LogP contribution in [-0.2, 0) is 0 Å². The van der Waals surface area contributed by atoms with Gasteiger partial charge in [0.15, 0.2) is 5.76 Å². The number of carbonyl (C=O) groups excluding carboxylic acids is 2. The first-order valence-corrected chi connectivity index (χ1v) is 8.22. The molecule has 0 fully saturated rings. The highest BCUT2D eigenvalue weighted by molar-refractivity contribution is 6.09. The van der Waals surface area contributed by atoms with Crippen molar-refractivity contribution in [3.05, 3.63) is 83.6 Å². The van der Waals surface area contributed by atoms with Gasteiger partial charge in [0, 0.05) is 21.9 Å². The van der Waals surface area contributed by atoms with E-state index in [-0.39, 0.29) is 5.76 Å². The van der Waals surface area contributed by atoms with Crippen LogP contribution in [0.25, 0.3) is 21.7 Å². The SMILES string of the molecule is Cc1c(C(=O)NNC(=O)c2ccccc2)oc2c1ccc1ccccc12. The maximum atomic E-state index is 12.5. The molecule has 26 heavy (non-hydrogen) atoms. The van der Waals surface area contributed by atoms with E-state index in [1.807, 2.05) is 49.4 Å². The Balaban J connectivity index is 1.62. The van der Waals surface area contributed by atoms with E-state index in [0.29, 0.717) is 11.1 Å². The third-order valence-corrected chi connectivity index (χ3v) is 4.36. The van der Waals surface area contributed by atoms with Crippen LogP contribution in [-0.4, -0.2) is 11.8 Å². The molecule has 0 aliphatic heterocycles. The average molecular weight is 344 g/mol. The number of rotatable bonds is 2. The van der Waals surface area contributed by atoms with Gasteiger partial charge in [-0.1, -0.05) is 54.6 Å². The van der Waals surface area contributed by atoms with Crippen molar-refractivity contribution >= 4 is 33.6 Å². The summed E-state index contributed by atoms with van der Waals surface area (Å²) in [4.78, 5) is 24.5. The minimum atomic E-state index is -0.493. The Kier molecular flexibility index (Phi) is 3.89. The predicted molar refractivity (Wildman–Crippen MR) is 99.8 cm³/mol. The van der Waals surface area contributed by atoms with Gasteiger partial charge in [-0.25, -0.2) is 0 Å². The first kappa shape index (κ1) is 15.9. The molecule has 0 unspecified atom stereocenters. The first-order chi connectivity index (χ1) is 12.6. The van der Waals surface area contributed by atoms with Crippen LogP contribution < -0.4 is 10.9 Å². The third kappa shape index (κ3) is 2.69. The van der Waals surface area contributed by atoms with Gasteiger partial charge >= 0.3 is 5.91 Å². The fourth-order valence-electron chi connectivity index (χ4n) is 3.00. The summed E-state index contributed by atoms with van der Waals surface area (Å²) in [7, 11) is 0. The van der Waals surface area contributed by atoms with Crippen LogP contribution in [0.3, 0.4) is 0 Å². The van der Waals surface area contributed by atoms with Crippen LogP contribution in [0.15, 0.2) is 71.1 Å². The maximum absolute atomic E-state index is 12.5. The van der Waals surface area contributed by atoms with Crippen molar-refractivity contribution < 1.29 is 14.0 Å². The molecule has 0 radical (unpaired) electrons. The molecule has 2 N–H and O–H groups in total. The minimum absolute atomic E-state index is 0.185. The lowest BCUT2D eigenvalue weighted by atomic mass is 10.1. The third-order valence-electron chi connectivity index (χ3n) is 4.36. The molecule has 5 heteroatoms. The lowest BCUT2D eigenvalue weighted by Crippen LogP contribution is -2.41. The number of fused-ring (bicyclic) bond motifs is 3. The standard InChI is InChI=1S/C21H16N2O3/c1-13-16-12-11-14-7-5-6-10-17(14)19(16)26-18(13)21(25)23-22-20(24)15-8-3-2-4-9-15/h2-12H,1H3,(H,22,24)(H,23,25). The van der Waals surface area contributed by atoms with E-state index < -0.39 is 11.8 Å². The minimum Gasteiger partial charge on any atom is -0.450 e. The number of hydrogen-bond donors (Lipinski definition) is 2. The number of hydrogen-bond acceptors (Lipinski definition) is 3. The summed E-state index contributed by atoms with van der Waals surface area (Å²) in [6.07, 6.45) is 0. The van der Waals surface area contributed by atoms with Gasteiger partial charge in [-0.2, -0.15) is 0 Å². The van der Waals surface area contributed by atoms with Gasteiger partial charge in [0.2, 0.25) is 0 Å². The molecule has 0 atom stereocenters. The molecule has 5 nitrogen and oxygen atoms in total. The number of furan rings is 1. The number of amides is 2. The largest absolute Gasteiger partial charge is 0.450 e. The molecule has 0 bridgehead atoms. The normalized spacial score (nSPS) is 10.8. The average Bonchev–Trinajstić information content (AvgIpc) is 3.04. The summed E-state index contributed by atoms with van der Waals surface area (Å²) >= 11 is 0. The highest BCUT2D eigenvalue weighted by atomic mass is 16.3. The van der Waals surface area contributed by atoms with Gasteiger partial charge < -0.3 is 4.42 Å². The molecule has 0 spiro atoms. The second kappa shape index (κ2) is 6.37. The molecule has 0 aliphatic rings. The summed E-state index contributed by atoms with van der Waals surface area (Å²) in [6.45, 7) is 1.83. The summed E-state index contributed by atoms with van der Waals surface area (Å²) < 4.78 is 5.85. The second-order valence-electron chi connectivity index (χ2n) is 5.99. The molecule has 1 aromatic heterocycles. The molecule has 0 aliphatic carbocycles. The predicted octanol–water partition coefficient (Wildman–Crippen LogP) is 3.97. The zero-order valence-electron chi connectivity index (χ0n) is 14.1. The molecule has 2 amide bonds. The van der Waals surface area contributed by atoms with Crippen molar-refractivity contribution in [2.45, 2.75) is 6.92 Å². The smallest absolute Gasteiger partial charge is 0.305 e. The lowest BCUT2D eigenvalue weighted by molar-refractivity contribution is 0.0831. The number of hydrazine groups is 1. The van der Waals surface area contributed by atoms with E-state index >= 15 is 0 Å². The molecule has 3 aromatic carbocycles. The van der Waals surface area contributed by atoms with Crippen molar-refractivity contribution in [3.63, 3.8) is 0 Å². The number of benzene rings is 3. The Bertz CT molecular complexity index is 1130. The van der Waals surface area contributed by atoms with Gasteiger partial charge in [0.25, 0.3) is 5.91 Å². The van der Waals surface area contributed by atoms with Gasteiger partial charge in [0.05, 0.1) is 0 Å². The Morgan fingerprint density at radius 3 is 2.27 bits per heavy atom. The highest BCUT2D eigenvalue weighted by Crippen LogP contribution is 2.31. The Morgan fingerprint density at radius 2 is 1.46 bits per heavy atom.